The second-order valence-electron chi connectivity index (χ2n) is 7.61. The summed E-state index contributed by atoms with van der Waals surface area (Å²) in [6.07, 6.45) is 0.400. The molecule has 3 aromatic rings. The van der Waals surface area contributed by atoms with E-state index in [-0.39, 0.29) is 16.9 Å². The highest BCUT2D eigenvalue weighted by molar-refractivity contribution is 6.18. The molecule has 0 bridgehead atoms. The van der Waals surface area contributed by atoms with E-state index in [4.69, 9.17) is 26.2 Å². The quantitative estimate of drug-likeness (QED) is 0.353. The van der Waals surface area contributed by atoms with Crippen LogP contribution in [0.3, 0.4) is 0 Å². The Morgan fingerprint density at radius 2 is 1.28 bits per heavy atom. The average Bonchev–Trinajstić information content (AvgIpc) is 3.64. The van der Waals surface area contributed by atoms with E-state index in [9.17, 15) is 10.2 Å². The summed E-state index contributed by atoms with van der Waals surface area (Å²) in [6, 6.07) is 21.7. The number of carbonyl (C=O) groups excluding carboxylic acids is 1. The lowest BCUT2D eigenvalue weighted by molar-refractivity contribution is -0.0980. The van der Waals surface area contributed by atoms with Crippen LogP contribution in [-0.2, 0) is 14.9 Å². The number of hydrogen-bond donors (Lipinski definition) is 3. The van der Waals surface area contributed by atoms with E-state index in [1.165, 1.54) is 0 Å². The fourth-order valence-electron chi connectivity index (χ4n) is 2.64. The number of ether oxygens (including phenoxy) is 1. The second kappa shape index (κ2) is 13.4. The highest BCUT2D eigenvalue weighted by atomic mass is 35.5. The third kappa shape index (κ3) is 9.00. The van der Waals surface area contributed by atoms with Crippen LogP contribution in [0.2, 0.25) is 0 Å². The molecule has 0 aliphatic carbocycles. The van der Waals surface area contributed by atoms with Gasteiger partial charge < -0.3 is 24.9 Å². The normalized spacial score (nSPS) is 13.8. The lowest BCUT2D eigenvalue weighted by atomic mass is 9.78. The van der Waals surface area contributed by atoms with Gasteiger partial charge in [0.25, 0.3) is 0 Å². The van der Waals surface area contributed by atoms with Gasteiger partial charge >= 0.3 is 0 Å². The molecule has 3 N–H and O–H groups in total. The molecule has 5 nitrogen and oxygen atoms in total. The standard InChI is InChI=1S/C15H16O2.C7H8O.C3H5ClO.CH2O/c1-15(2,11-3-7-13(16)8-4-11)12-5-9-14(17)10-6-12;1-6-4-2-3-5-7(6)8;4-1-3-2-5-3;1-2/h3-10,16-17H,1-2H3;2-5,8H,1H3;3H,1-2H2;1H2. The maximum absolute atomic E-state index is 9.30. The van der Waals surface area contributed by atoms with E-state index in [0.717, 1.165) is 23.3 Å². The smallest absolute Gasteiger partial charge is 0.118 e. The van der Waals surface area contributed by atoms with Crippen molar-refractivity contribution in [1.29, 1.82) is 0 Å². The SMILES string of the molecule is C=O.CC(C)(c1ccc(O)cc1)c1ccc(O)cc1.Cc1ccccc1O.ClCC1CO1. The predicted molar refractivity (Wildman–Crippen MR) is 129 cm³/mol. The summed E-state index contributed by atoms with van der Waals surface area (Å²) >= 11 is 5.27. The number of halogens is 1. The highest BCUT2D eigenvalue weighted by Crippen LogP contribution is 2.32. The summed E-state index contributed by atoms with van der Waals surface area (Å²) in [5, 5.41) is 27.5. The van der Waals surface area contributed by atoms with Crippen LogP contribution in [0.4, 0.5) is 0 Å². The van der Waals surface area contributed by atoms with Gasteiger partial charge in [-0.1, -0.05) is 56.3 Å². The zero-order valence-corrected chi connectivity index (χ0v) is 19.4. The molecule has 1 atom stereocenters. The fourth-order valence-corrected chi connectivity index (χ4v) is 2.82. The Balaban J connectivity index is 0.000000280. The summed E-state index contributed by atoms with van der Waals surface area (Å²) in [4.78, 5) is 8.00. The van der Waals surface area contributed by atoms with Crippen molar-refractivity contribution in [3.63, 3.8) is 0 Å². The molecule has 4 rings (SSSR count). The van der Waals surface area contributed by atoms with E-state index < -0.39 is 0 Å². The largest absolute Gasteiger partial charge is 0.508 e. The topological polar surface area (TPSA) is 90.3 Å². The number of hydrogen-bond acceptors (Lipinski definition) is 5. The lowest BCUT2D eigenvalue weighted by Crippen LogP contribution is -2.18. The maximum Gasteiger partial charge on any atom is 0.118 e. The molecule has 3 aromatic carbocycles. The molecule has 1 fully saturated rings. The Bertz CT molecular complexity index is 851. The van der Waals surface area contributed by atoms with Crippen molar-refractivity contribution in [3.8, 4) is 17.2 Å². The molecule has 1 aliphatic heterocycles. The number of phenolic OH excluding ortho intramolecular Hbond substituents is 3. The summed E-state index contributed by atoms with van der Waals surface area (Å²) in [5.74, 6) is 1.58. The number of alkyl halides is 1. The summed E-state index contributed by atoms with van der Waals surface area (Å²) < 4.78 is 4.73. The first kappa shape index (κ1) is 27.0. The third-order valence-electron chi connectivity index (χ3n) is 4.87. The summed E-state index contributed by atoms with van der Waals surface area (Å²) in [7, 11) is 0. The average molecular weight is 459 g/mol. The number of phenols is 3. The van der Waals surface area contributed by atoms with Crippen LogP contribution in [0.15, 0.2) is 72.8 Å². The highest BCUT2D eigenvalue weighted by Gasteiger charge is 2.22. The summed E-state index contributed by atoms with van der Waals surface area (Å²) in [6.45, 7) is 8.98. The number of benzene rings is 3. The van der Waals surface area contributed by atoms with Gasteiger partial charge in [-0.05, 0) is 53.9 Å². The first-order chi connectivity index (χ1) is 15.2. The first-order valence-corrected chi connectivity index (χ1v) is 10.6. The van der Waals surface area contributed by atoms with Crippen LogP contribution >= 0.6 is 11.6 Å². The minimum atomic E-state index is -0.151. The van der Waals surface area contributed by atoms with Crippen molar-refractivity contribution < 1.29 is 24.9 Å². The molecule has 0 aromatic heterocycles. The van der Waals surface area contributed by atoms with Crippen LogP contribution in [0.25, 0.3) is 0 Å². The number of rotatable bonds is 3. The number of epoxide rings is 1. The first-order valence-electron chi connectivity index (χ1n) is 10.0. The van der Waals surface area contributed by atoms with Gasteiger partial charge in [-0.15, -0.1) is 11.6 Å². The molecule has 6 heteroatoms. The zero-order chi connectivity index (χ0) is 24.1. The van der Waals surface area contributed by atoms with E-state index in [0.29, 0.717) is 17.7 Å². The van der Waals surface area contributed by atoms with Gasteiger partial charge in [-0.3, -0.25) is 0 Å². The monoisotopic (exact) mass is 458 g/mol. The van der Waals surface area contributed by atoms with Crippen LogP contribution < -0.4 is 0 Å². The van der Waals surface area contributed by atoms with Gasteiger partial charge in [0.05, 0.1) is 18.6 Å². The minimum Gasteiger partial charge on any atom is -0.508 e. The fraction of sp³-hybridized carbons (Fsp3) is 0.269. The molecule has 172 valence electrons. The number of aromatic hydroxyl groups is 3. The van der Waals surface area contributed by atoms with E-state index in [1.807, 2.05) is 56.2 Å². The summed E-state index contributed by atoms with van der Waals surface area (Å²) in [5.41, 5.74) is 3.02. The maximum atomic E-state index is 9.30. The van der Waals surface area contributed by atoms with Gasteiger partial charge in [-0.25, -0.2) is 0 Å². The van der Waals surface area contributed by atoms with E-state index in [1.54, 1.807) is 30.3 Å². The lowest BCUT2D eigenvalue weighted by Gasteiger charge is -2.26. The molecule has 1 saturated heterocycles. The third-order valence-corrected chi connectivity index (χ3v) is 5.21. The van der Waals surface area contributed by atoms with Gasteiger partial charge in [0.2, 0.25) is 0 Å². The van der Waals surface area contributed by atoms with Crippen LogP contribution in [-0.4, -0.2) is 40.7 Å². The van der Waals surface area contributed by atoms with Gasteiger partial charge in [0.15, 0.2) is 0 Å². The molecule has 0 radical (unpaired) electrons. The molecule has 1 unspecified atom stereocenters. The van der Waals surface area contributed by atoms with E-state index in [2.05, 4.69) is 13.8 Å². The molecule has 0 spiro atoms. The van der Waals surface area contributed by atoms with Crippen LogP contribution in [0.1, 0.15) is 30.5 Å². The van der Waals surface area contributed by atoms with Gasteiger partial charge in [0, 0.05) is 5.41 Å². The Kier molecular flexibility index (Phi) is 11.3. The van der Waals surface area contributed by atoms with Crippen molar-refractivity contribution in [1.82, 2.24) is 0 Å². The minimum absolute atomic E-state index is 0.151. The Morgan fingerprint density at radius 1 is 0.875 bits per heavy atom. The molecule has 1 aliphatic rings. The van der Waals surface area contributed by atoms with Gasteiger partial charge in [0.1, 0.15) is 24.0 Å². The molecular formula is C26H31ClO5. The molecule has 0 amide bonds. The van der Waals surface area contributed by atoms with Crippen molar-refractivity contribution in [3.05, 3.63) is 89.5 Å². The van der Waals surface area contributed by atoms with Crippen molar-refractivity contribution >= 4 is 18.4 Å². The Morgan fingerprint density at radius 3 is 1.53 bits per heavy atom. The molecular weight excluding hydrogens is 428 g/mol. The van der Waals surface area contributed by atoms with Gasteiger partial charge in [-0.2, -0.15) is 0 Å². The zero-order valence-electron chi connectivity index (χ0n) is 18.7. The number of carbonyl (C=O) groups is 1. The van der Waals surface area contributed by atoms with Crippen molar-refractivity contribution in [2.45, 2.75) is 32.3 Å². The van der Waals surface area contributed by atoms with Crippen molar-refractivity contribution in [2.24, 2.45) is 0 Å². The molecule has 32 heavy (non-hydrogen) atoms. The molecule has 1 heterocycles. The van der Waals surface area contributed by atoms with Crippen LogP contribution in [0, 0.1) is 6.92 Å². The van der Waals surface area contributed by atoms with Crippen LogP contribution in [0.5, 0.6) is 17.2 Å². The predicted octanol–water partition coefficient (Wildman–Crippen LogP) is 5.56. The Hall–Kier alpha value is -3.02. The van der Waals surface area contributed by atoms with E-state index >= 15 is 0 Å². The number of para-hydroxylation sites is 1. The van der Waals surface area contributed by atoms with Crippen molar-refractivity contribution in [2.75, 3.05) is 12.5 Å². The number of aryl methyl sites for hydroxylation is 1. The Labute approximate surface area is 194 Å². The second-order valence-corrected chi connectivity index (χ2v) is 7.92. The molecule has 0 saturated carbocycles.